The molecule has 29 heavy (non-hydrogen) atoms. The van der Waals surface area contributed by atoms with Crippen molar-refractivity contribution in [1.82, 2.24) is 4.90 Å². The summed E-state index contributed by atoms with van der Waals surface area (Å²) in [6.07, 6.45) is 3.39. The zero-order valence-corrected chi connectivity index (χ0v) is 18.2. The Kier molecular flexibility index (Phi) is 5.78. The summed E-state index contributed by atoms with van der Waals surface area (Å²) in [6.45, 7) is 2.22. The number of hydrogen-bond donors (Lipinski definition) is 1. The van der Waals surface area contributed by atoms with Gasteiger partial charge in [0.1, 0.15) is 18.4 Å². The van der Waals surface area contributed by atoms with Crippen LogP contribution in [-0.4, -0.2) is 34.0 Å². The SMILES string of the molecule is CC1CCC(C(=O)O)N1C(=O)c1cc(C2CC2)c(COc2cc(Cl)cc(Cl)c2)s1. The number of carboxylic acid groups (broad SMARTS) is 1. The van der Waals surface area contributed by atoms with Crippen molar-refractivity contribution in [1.29, 1.82) is 0 Å². The van der Waals surface area contributed by atoms with Crippen molar-refractivity contribution in [2.75, 3.05) is 0 Å². The van der Waals surface area contributed by atoms with Crippen LogP contribution in [0.1, 0.15) is 58.6 Å². The highest BCUT2D eigenvalue weighted by Crippen LogP contribution is 2.45. The monoisotopic (exact) mass is 453 g/mol. The van der Waals surface area contributed by atoms with Gasteiger partial charge in [0.15, 0.2) is 0 Å². The Hall–Kier alpha value is -1.76. The van der Waals surface area contributed by atoms with E-state index < -0.39 is 12.0 Å². The molecule has 1 aromatic heterocycles. The molecule has 0 radical (unpaired) electrons. The van der Waals surface area contributed by atoms with Crippen molar-refractivity contribution in [3.05, 3.63) is 49.6 Å². The summed E-state index contributed by atoms with van der Waals surface area (Å²) in [7, 11) is 0. The first kappa shape index (κ1) is 20.5. The number of amides is 1. The molecule has 0 spiro atoms. The van der Waals surface area contributed by atoms with Gasteiger partial charge in [0, 0.05) is 21.0 Å². The lowest BCUT2D eigenvalue weighted by molar-refractivity contribution is -0.141. The van der Waals surface area contributed by atoms with Crippen LogP contribution in [0.4, 0.5) is 0 Å². The van der Waals surface area contributed by atoms with Crippen molar-refractivity contribution >= 4 is 46.4 Å². The molecule has 0 bridgehead atoms. The molecule has 2 fully saturated rings. The average molecular weight is 454 g/mol. The van der Waals surface area contributed by atoms with E-state index in [2.05, 4.69) is 0 Å². The predicted molar refractivity (Wildman–Crippen MR) is 113 cm³/mol. The Labute approximate surface area is 183 Å². The predicted octanol–water partition coefficient (Wildman–Crippen LogP) is 5.59. The number of halogens is 2. The highest BCUT2D eigenvalue weighted by Gasteiger charge is 2.40. The van der Waals surface area contributed by atoms with E-state index in [1.54, 1.807) is 18.2 Å². The summed E-state index contributed by atoms with van der Waals surface area (Å²) in [4.78, 5) is 27.8. The minimum Gasteiger partial charge on any atom is -0.488 e. The van der Waals surface area contributed by atoms with Crippen LogP contribution in [0.2, 0.25) is 10.0 Å². The summed E-state index contributed by atoms with van der Waals surface area (Å²) in [5.41, 5.74) is 1.13. The molecule has 154 valence electrons. The topological polar surface area (TPSA) is 66.8 Å². The molecule has 1 amide bonds. The Morgan fingerprint density at radius 2 is 1.83 bits per heavy atom. The van der Waals surface area contributed by atoms with Gasteiger partial charge in [-0.15, -0.1) is 11.3 Å². The van der Waals surface area contributed by atoms with E-state index >= 15 is 0 Å². The second-order valence-corrected chi connectivity index (χ2v) is 9.66. The second kappa shape index (κ2) is 8.17. The van der Waals surface area contributed by atoms with Gasteiger partial charge in [-0.05, 0) is 68.4 Å². The minimum absolute atomic E-state index is 0.0802. The molecule has 2 unspecified atom stereocenters. The number of ether oxygens (including phenoxy) is 1. The molecule has 1 aliphatic heterocycles. The Bertz CT molecular complexity index is 936. The summed E-state index contributed by atoms with van der Waals surface area (Å²) >= 11 is 13.5. The Morgan fingerprint density at radius 3 is 2.45 bits per heavy atom. The van der Waals surface area contributed by atoms with E-state index in [0.717, 1.165) is 23.3 Å². The summed E-state index contributed by atoms with van der Waals surface area (Å²) in [6, 6.07) is 6.14. The highest BCUT2D eigenvalue weighted by molar-refractivity contribution is 7.14. The number of carboxylic acids is 1. The van der Waals surface area contributed by atoms with Gasteiger partial charge in [0.25, 0.3) is 5.91 Å². The zero-order valence-electron chi connectivity index (χ0n) is 15.9. The number of carbonyl (C=O) groups excluding carboxylic acids is 1. The maximum absolute atomic E-state index is 13.1. The van der Waals surface area contributed by atoms with Crippen molar-refractivity contribution in [2.45, 2.75) is 57.2 Å². The lowest BCUT2D eigenvalue weighted by Crippen LogP contribution is -2.43. The Balaban J connectivity index is 1.56. The third-order valence-corrected chi connectivity index (χ3v) is 7.01. The molecule has 1 saturated carbocycles. The quantitative estimate of drug-likeness (QED) is 0.618. The molecule has 1 aromatic carbocycles. The second-order valence-electron chi connectivity index (χ2n) is 7.65. The molecule has 1 aliphatic carbocycles. The van der Waals surface area contributed by atoms with Crippen molar-refractivity contribution in [3.8, 4) is 5.75 Å². The van der Waals surface area contributed by atoms with Gasteiger partial charge in [-0.3, -0.25) is 4.79 Å². The van der Waals surface area contributed by atoms with E-state index in [9.17, 15) is 14.7 Å². The Morgan fingerprint density at radius 1 is 1.14 bits per heavy atom. The smallest absolute Gasteiger partial charge is 0.326 e. The van der Waals surface area contributed by atoms with E-state index in [4.69, 9.17) is 27.9 Å². The standard InChI is InChI=1S/C21H21Cl2NO4S/c1-11-2-5-17(21(26)27)24(11)20(25)18-9-16(12-3-4-12)19(29-18)10-28-15-7-13(22)6-14(23)8-15/h6-9,11-12,17H,2-5,10H2,1H3,(H,26,27). The highest BCUT2D eigenvalue weighted by atomic mass is 35.5. The number of thiophene rings is 1. The molecule has 4 rings (SSSR count). The molecule has 2 aromatic rings. The normalized spacial score (nSPS) is 21.4. The summed E-state index contributed by atoms with van der Waals surface area (Å²) < 4.78 is 5.89. The van der Waals surface area contributed by atoms with Crippen LogP contribution in [0, 0.1) is 0 Å². The van der Waals surface area contributed by atoms with E-state index in [1.807, 2.05) is 13.0 Å². The fourth-order valence-electron chi connectivity index (χ4n) is 3.86. The summed E-state index contributed by atoms with van der Waals surface area (Å²) in [5, 5.41) is 10.5. The van der Waals surface area contributed by atoms with Gasteiger partial charge in [0.2, 0.25) is 0 Å². The molecular weight excluding hydrogens is 433 g/mol. The van der Waals surface area contributed by atoms with Gasteiger partial charge in [-0.2, -0.15) is 0 Å². The van der Waals surface area contributed by atoms with Crippen LogP contribution in [0.3, 0.4) is 0 Å². The van der Waals surface area contributed by atoms with E-state index in [-0.39, 0.29) is 11.9 Å². The average Bonchev–Trinajstić information content (AvgIpc) is 3.28. The maximum Gasteiger partial charge on any atom is 0.326 e. The zero-order chi connectivity index (χ0) is 20.7. The van der Waals surface area contributed by atoms with E-state index in [1.165, 1.54) is 16.2 Å². The first-order valence-electron chi connectivity index (χ1n) is 9.60. The van der Waals surface area contributed by atoms with Crippen molar-refractivity contribution in [2.24, 2.45) is 0 Å². The third-order valence-electron chi connectivity index (χ3n) is 5.46. The van der Waals surface area contributed by atoms with Crippen molar-refractivity contribution < 1.29 is 19.4 Å². The third kappa shape index (κ3) is 4.39. The van der Waals surface area contributed by atoms with Crippen LogP contribution in [0.15, 0.2) is 24.3 Å². The lowest BCUT2D eigenvalue weighted by atomic mass is 10.1. The number of carbonyl (C=O) groups is 2. The van der Waals surface area contributed by atoms with Crippen LogP contribution >= 0.6 is 34.5 Å². The molecular formula is C21H21Cl2NO4S. The molecule has 1 N–H and O–H groups in total. The molecule has 2 atom stereocenters. The summed E-state index contributed by atoms with van der Waals surface area (Å²) in [5.74, 6) is -0.125. The van der Waals surface area contributed by atoms with Gasteiger partial charge in [-0.25, -0.2) is 4.79 Å². The maximum atomic E-state index is 13.1. The van der Waals surface area contributed by atoms with Crippen LogP contribution in [0.25, 0.3) is 0 Å². The number of nitrogens with zero attached hydrogens (tertiary/aromatic N) is 1. The van der Waals surface area contributed by atoms with Gasteiger partial charge in [0.05, 0.1) is 4.88 Å². The van der Waals surface area contributed by atoms with Crippen LogP contribution < -0.4 is 4.74 Å². The fraction of sp³-hybridized carbons (Fsp3) is 0.429. The van der Waals surface area contributed by atoms with Crippen molar-refractivity contribution in [3.63, 3.8) is 0 Å². The first-order chi connectivity index (χ1) is 13.8. The van der Waals surface area contributed by atoms with Gasteiger partial charge >= 0.3 is 5.97 Å². The van der Waals surface area contributed by atoms with Crippen LogP contribution in [0.5, 0.6) is 5.75 Å². The minimum atomic E-state index is -0.942. The van der Waals surface area contributed by atoms with E-state index in [0.29, 0.717) is 46.0 Å². The fourth-order valence-corrected chi connectivity index (χ4v) is 5.47. The number of aliphatic carboxylic acids is 1. The molecule has 1 saturated heterocycles. The number of rotatable bonds is 6. The molecule has 2 aliphatic rings. The van der Waals surface area contributed by atoms with Gasteiger partial charge in [-0.1, -0.05) is 23.2 Å². The lowest BCUT2D eigenvalue weighted by Gasteiger charge is -2.25. The number of likely N-dealkylation sites (tertiary alicyclic amines) is 1. The number of hydrogen-bond acceptors (Lipinski definition) is 4. The van der Waals surface area contributed by atoms with Crippen LogP contribution in [-0.2, 0) is 11.4 Å². The molecule has 2 heterocycles. The largest absolute Gasteiger partial charge is 0.488 e. The molecule has 8 heteroatoms. The molecule has 5 nitrogen and oxygen atoms in total. The van der Waals surface area contributed by atoms with Gasteiger partial charge < -0.3 is 14.7 Å². The first-order valence-corrected chi connectivity index (χ1v) is 11.2. The number of benzene rings is 1.